The molecule has 0 spiro atoms. The molecule has 0 fully saturated rings. The van der Waals surface area contributed by atoms with Gasteiger partial charge in [-0.3, -0.25) is 9.48 Å². The number of nitrogens with one attached hydrogen (secondary N) is 1. The van der Waals surface area contributed by atoms with Gasteiger partial charge in [-0.05, 0) is 36.2 Å². The molecule has 0 saturated heterocycles. The van der Waals surface area contributed by atoms with Crippen molar-refractivity contribution in [1.29, 1.82) is 0 Å². The van der Waals surface area contributed by atoms with Gasteiger partial charge in [-0.15, -0.1) is 6.58 Å². The van der Waals surface area contributed by atoms with Crippen molar-refractivity contribution in [2.45, 2.75) is 19.6 Å². The molecule has 6 nitrogen and oxygen atoms in total. The minimum absolute atomic E-state index is 0.0905. The maximum Gasteiger partial charge on any atom is 0.292 e. The lowest BCUT2D eigenvalue weighted by atomic mass is 10.1. The number of ether oxygens (including phenoxy) is 1. The fraction of sp³-hybridized carbons (Fsp3) is 0.120. The monoisotopic (exact) mass is 465 g/mol. The Hall–Kier alpha value is -3.84. The molecule has 8 heteroatoms. The average molecular weight is 466 g/mol. The molecule has 0 atom stereocenters. The van der Waals surface area contributed by atoms with Crippen LogP contribution in [0.15, 0.2) is 83.9 Å². The second-order valence-corrected chi connectivity index (χ2v) is 7.63. The zero-order valence-corrected chi connectivity index (χ0v) is 18.4. The smallest absolute Gasteiger partial charge is 0.292 e. The maximum atomic E-state index is 13.9. The molecule has 0 aliphatic rings. The third-order valence-electron chi connectivity index (χ3n) is 4.83. The molecule has 1 N–H and O–H groups in total. The van der Waals surface area contributed by atoms with Gasteiger partial charge in [0.05, 0.1) is 6.54 Å². The largest absolute Gasteiger partial charge is 0.485 e. The number of amides is 1. The number of hydrogen-bond acceptors (Lipinski definition) is 4. The number of halogens is 2. The quantitative estimate of drug-likeness (QED) is 0.313. The highest BCUT2D eigenvalue weighted by Crippen LogP contribution is 2.23. The normalized spacial score (nSPS) is 10.7. The molecule has 1 amide bonds. The van der Waals surface area contributed by atoms with Gasteiger partial charge in [-0.25, -0.2) is 4.39 Å². The molecule has 168 valence electrons. The number of rotatable bonds is 9. The number of carbonyl (C=O) groups excluding carboxylic acids is 1. The van der Waals surface area contributed by atoms with E-state index in [4.69, 9.17) is 20.8 Å². The van der Waals surface area contributed by atoms with E-state index < -0.39 is 5.91 Å². The van der Waals surface area contributed by atoms with Crippen LogP contribution in [0.5, 0.6) is 5.75 Å². The minimum Gasteiger partial charge on any atom is -0.485 e. The summed E-state index contributed by atoms with van der Waals surface area (Å²) in [6, 6.07) is 17.3. The van der Waals surface area contributed by atoms with Crippen LogP contribution in [0.4, 0.5) is 10.2 Å². The summed E-state index contributed by atoms with van der Waals surface area (Å²) in [7, 11) is 0. The molecule has 2 aromatic heterocycles. The van der Waals surface area contributed by atoms with Gasteiger partial charge in [0, 0.05) is 11.8 Å². The van der Waals surface area contributed by atoms with Gasteiger partial charge < -0.3 is 14.5 Å². The van der Waals surface area contributed by atoms with Crippen molar-refractivity contribution in [3.63, 3.8) is 0 Å². The van der Waals surface area contributed by atoms with Crippen LogP contribution in [-0.2, 0) is 19.6 Å². The first-order valence-electron chi connectivity index (χ1n) is 10.2. The Bertz CT molecular complexity index is 1280. The molecule has 0 radical (unpaired) electrons. The molecular weight excluding hydrogens is 445 g/mol. The molecule has 0 unspecified atom stereocenters. The summed E-state index contributed by atoms with van der Waals surface area (Å²) in [6.45, 7) is 4.10. The molecule has 2 heterocycles. The Morgan fingerprint density at radius 3 is 2.70 bits per heavy atom. The number of para-hydroxylation sites is 1. The average Bonchev–Trinajstić information content (AvgIpc) is 3.42. The van der Waals surface area contributed by atoms with E-state index >= 15 is 0 Å². The summed E-state index contributed by atoms with van der Waals surface area (Å²) in [5.74, 6) is 0.619. The van der Waals surface area contributed by atoms with E-state index in [1.807, 2.05) is 24.3 Å². The molecule has 4 rings (SSSR count). The Morgan fingerprint density at radius 1 is 1.15 bits per heavy atom. The van der Waals surface area contributed by atoms with Crippen molar-refractivity contribution < 1.29 is 18.3 Å². The van der Waals surface area contributed by atoms with E-state index in [1.54, 1.807) is 36.4 Å². The van der Waals surface area contributed by atoms with Crippen LogP contribution in [0.3, 0.4) is 0 Å². The summed E-state index contributed by atoms with van der Waals surface area (Å²) in [5.41, 5.74) is 1.47. The highest BCUT2D eigenvalue weighted by molar-refractivity contribution is 6.33. The van der Waals surface area contributed by atoms with Crippen LogP contribution in [0.2, 0.25) is 5.02 Å². The van der Waals surface area contributed by atoms with Gasteiger partial charge in [-0.1, -0.05) is 54.1 Å². The van der Waals surface area contributed by atoms with Gasteiger partial charge in [-0.2, -0.15) is 5.10 Å². The lowest BCUT2D eigenvalue weighted by Gasteiger charge is -2.08. The van der Waals surface area contributed by atoms with E-state index in [1.165, 1.54) is 16.9 Å². The summed E-state index contributed by atoms with van der Waals surface area (Å²) in [5, 5.41) is 7.08. The van der Waals surface area contributed by atoms with Crippen molar-refractivity contribution in [2.24, 2.45) is 0 Å². The molecule has 0 aliphatic carbocycles. The minimum atomic E-state index is -0.508. The van der Waals surface area contributed by atoms with Crippen LogP contribution in [0.25, 0.3) is 0 Å². The Labute approximate surface area is 195 Å². The zero-order chi connectivity index (χ0) is 23.2. The standard InChI is InChI=1S/C25H21ClFN3O3/c1-2-7-17-8-4-6-11-22(17)32-16-19-12-13-23(33-19)25(31)28-24-20(26)15-30(29-24)14-18-9-3-5-10-21(18)27/h2-6,8-13,15H,1,7,14,16H2,(H,28,29,31). The Morgan fingerprint density at radius 2 is 1.91 bits per heavy atom. The highest BCUT2D eigenvalue weighted by atomic mass is 35.5. The summed E-state index contributed by atoms with van der Waals surface area (Å²) >= 11 is 6.20. The fourth-order valence-corrected chi connectivity index (χ4v) is 3.43. The zero-order valence-electron chi connectivity index (χ0n) is 17.6. The second-order valence-electron chi connectivity index (χ2n) is 7.22. The van der Waals surface area contributed by atoms with E-state index in [9.17, 15) is 9.18 Å². The molecule has 0 saturated carbocycles. The first-order chi connectivity index (χ1) is 16.0. The number of carbonyl (C=O) groups is 1. The molecular formula is C25H21ClFN3O3. The van der Waals surface area contributed by atoms with Crippen molar-refractivity contribution in [3.8, 4) is 5.75 Å². The van der Waals surface area contributed by atoms with E-state index in [0.717, 1.165) is 11.3 Å². The van der Waals surface area contributed by atoms with Crippen molar-refractivity contribution in [1.82, 2.24) is 9.78 Å². The Kier molecular flexibility index (Phi) is 6.90. The third-order valence-corrected chi connectivity index (χ3v) is 5.11. The number of benzene rings is 2. The molecule has 2 aromatic carbocycles. The van der Waals surface area contributed by atoms with Gasteiger partial charge >= 0.3 is 0 Å². The van der Waals surface area contributed by atoms with E-state index in [-0.39, 0.29) is 35.6 Å². The Balaban J connectivity index is 1.38. The number of hydrogen-bond donors (Lipinski definition) is 1. The number of allylic oxidation sites excluding steroid dienone is 1. The van der Waals surface area contributed by atoms with Gasteiger partial charge in [0.2, 0.25) is 0 Å². The number of anilines is 1. The van der Waals surface area contributed by atoms with Gasteiger partial charge in [0.1, 0.15) is 29.0 Å². The highest BCUT2D eigenvalue weighted by Gasteiger charge is 2.16. The molecule has 0 aliphatic heterocycles. The first-order valence-corrected chi connectivity index (χ1v) is 10.6. The van der Waals surface area contributed by atoms with Gasteiger partial charge in [0.15, 0.2) is 11.6 Å². The lowest BCUT2D eigenvalue weighted by Crippen LogP contribution is -2.12. The molecule has 4 aromatic rings. The summed E-state index contributed by atoms with van der Waals surface area (Å²) in [4.78, 5) is 12.6. The second kappa shape index (κ2) is 10.2. The number of nitrogens with zero attached hydrogens (tertiary/aromatic N) is 2. The topological polar surface area (TPSA) is 69.3 Å². The molecule has 33 heavy (non-hydrogen) atoms. The van der Waals surface area contributed by atoms with Crippen LogP contribution in [-0.4, -0.2) is 15.7 Å². The van der Waals surface area contributed by atoms with Crippen LogP contribution in [0, 0.1) is 5.82 Å². The SMILES string of the molecule is C=CCc1ccccc1OCc1ccc(C(=O)Nc2nn(Cc3ccccc3F)cc2Cl)o1. The van der Waals surface area contributed by atoms with Crippen LogP contribution < -0.4 is 10.1 Å². The fourth-order valence-electron chi connectivity index (χ4n) is 3.23. The third kappa shape index (κ3) is 5.51. The molecule has 0 bridgehead atoms. The predicted molar refractivity (Wildman–Crippen MR) is 124 cm³/mol. The van der Waals surface area contributed by atoms with Crippen molar-refractivity contribution in [2.75, 3.05) is 5.32 Å². The van der Waals surface area contributed by atoms with Crippen LogP contribution in [0.1, 0.15) is 27.4 Å². The van der Waals surface area contributed by atoms with E-state index in [2.05, 4.69) is 17.0 Å². The lowest BCUT2D eigenvalue weighted by molar-refractivity contribution is 0.0992. The van der Waals surface area contributed by atoms with Crippen molar-refractivity contribution >= 4 is 23.3 Å². The number of aromatic nitrogens is 2. The summed E-state index contributed by atoms with van der Waals surface area (Å²) in [6.07, 6.45) is 4.01. The summed E-state index contributed by atoms with van der Waals surface area (Å²) < 4.78 is 26.8. The first kappa shape index (κ1) is 22.4. The van der Waals surface area contributed by atoms with Crippen molar-refractivity contribution in [3.05, 3.63) is 113 Å². The van der Waals surface area contributed by atoms with Crippen LogP contribution >= 0.6 is 11.6 Å². The predicted octanol–water partition coefficient (Wildman–Crippen LogP) is 5.88. The van der Waals surface area contributed by atoms with E-state index in [0.29, 0.717) is 17.7 Å². The number of furan rings is 1. The maximum absolute atomic E-state index is 13.9. The van der Waals surface area contributed by atoms with Gasteiger partial charge in [0.25, 0.3) is 5.91 Å².